The standard InChI is InChI=1S/C10H17N7/c1-8(2)12-4-5-16(3)10-7-11-6-9-13-14-15-17(9)10/h6-8,12H,4-5H2,1-3H3. The maximum absolute atomic E-state index is 4.12. The molecule has 0 aliphatic rings. The molecule has 0 aliphatic heterocycles. The van der Waals surface area contributed by atoms with E-state index in [4.69, 9.17) is 0 Å². The molecule has 0 unspecified atom stereocenters. The van der Waals surface area contributed by atoms with Crippen molar-refractivity contribution in [1.29, 1.82) is 0 Å². The Kier molecular flexibility index (Phi) is 3.48. The normalized spacial score (nSPS) is 11.3. The highest BCUT2D eigenvalue weighted by molar-refractivity contribution is 5.45. The molecule has 17 heavy (non-hydrogen) atoms. The number of likely N-dealkylation sites (N-methyl/N-ethyl adjacent to an activating group) is 1. The van der Waals surface area contributed by atoms with Gasteiger partial charge < -0.3 is 10.2 Å². The summed E-state index contributed by atoms with van der Waals surface area (Å²) in [5.74, 6) is 0.887. The van der Waals surface area contributed by atoms with E-state index < -0.39 is 0 Å². The third-order valence-electron chi connectivity index (χ3n) is 2.48. The molecular formula is C10H17N7. The lowest BCUT2D eigenvalue weighted by molar-refractivity contribution is 0.586. The quantitative estimate of drug-likeness (QED) is 0.783. The number of hydrogen-bond donors (Lipinski definition) is 1. The smallest absolute Gasteiger partial charge is 0.199 e. The lowest BCUT2D eigenvalue weighted by atomic mass is 10.4. The molecule has 0 atom stereocenters. The topological polar surface area (TPSA) is 71.2 Å². The van der Waals surface area contributed by atoms with E-state index in [1.54, 1.807) is 16.9 Å². The van der Waals surface area contributed by atoms with Crippen molar-refractivity contribution in [2.75, 3.05) is 25.0 Å². The van der Waals surface area contributed by atoms with E-state index in [1.807, 2.05) is 7.05 Å². The molecule has 0 saturated heterocycles. The molecule has 2 rings (SSSR count). The van der Waals surface area contributed by atoms with Crippen molar-refractivity contribution >= 4 is 11.5 Å². The number of anilines is 1. The fourth-order valence-corrected chi connectivity index (χ4v) is 1.56. The van der Waals surface area contributed by atoms with Gasteiger partial charge in [-0.3, -0.25) is 4.98 Å². The molecule has 2 heterocycles. The van der Waals surface area contributed by atoms with E-state index in [-0.39, 0.29) is 0 Å². The van der Waals surface area contributed by atoms with Crippen molar-refractivity contribution in [3.05, 3.63) is 12.4 Å². The summed E-state index contributed by atoms with van der Waals surface area (Å²) < 4.78 is 1.68. The van der Waals surface area contributed by atoms with Crippen LogP contribution in [-0.2, 0) is 0 Å². The largest absolute Gasteiger partial charge is 0.357 e. The molecule has 0 radical (unpaired) electrons. The van der Waals surface area contributed by atoms with Crippen LogP contribution in [0.3, 0.4) is 0 Å². The van der Waals surface area contributed by atoms with Gasteiger partial charge in [0.05, 0.1) is 12.4 Å². The average Bonchev–Trinajstić information content (AvgIpc) is 2.75. The lowest BCUT2D eigenvalue weighted by Crippen LogP contribution is -2.33. The second-order valence-corrected chi connectivity index (χ2v) is 4.24. The van der Waals surface area contributed by atoms with Crippen LogP contribution in [0.4, 0.5) is 5.82 Å². The van der Waals surface area contributed by atoms with Gasteiger partial charge in [0, 0.05) is 26.2 Å². The minimum atomic E-state index is 0.491. The Morgan fingerprint density at radius 1 is 1.41 bits per heavy atom. The molecule has 0 bridgehead atoms. The highest BCUT2D eigenvalue weighted by Gasteiger charge is 2.08. The second kappa shape index (κ2) is 5.05. The molecule has 2 aromatic rings. The van der Waals surface area contributed by atoms with E-state index in [0.29, 0.717) is 11.7 Å². The molecule has 7 nitrogen and oxygen atoms in total. The Morgan fingerprint density at radius 3 is 3.00 bits per heavy atom. The van der Waals surface area contributed by atoms with Gasteiger partial charge in [0.15, 0.2) is 11.5 Å². The van der Waals surface area contributed by atoms with Gasteiger partial charge in [0.2, 0.25) is 0 Å². The number of tetrazole rings is 1. The third kappa shape index (κ3) is 2.68. The van der Waals surface area contributed by atoms with Crippen molar-refractivity contribution in [2.45, 2.75) is 19.9 Å². The number of fused-ring (bicyclic) bond motifs is 1. The van der Waals surface area contributed by atoms with E-state index in [0.717, 1.165) is 18.9 Å². The first-order valence-corrected chi connectivity index (χ1v) is 5.65. The van der Waals surface area contributed by atoms with Crippen LogP contribution >= 0.6 is 0 Å². The monoisotopic (exact) mass is 235 g/mol. The fraction of sp³-hybridized carbons (Fsp3) is 0.600. The number of rotatable bonds is 5. The fourth-order valence-electron chi connectivity index (χ4n) is 1.56. The second-order valence-electron chi connectivity index (χ2n) is 4.24. The van der Waals surface area contributed by atoms with Crippen molar-refractivity contribution < 1.29 is 0 Å². The van der Waals surface area contributed by atoms with Crippen molar-refractivity contribution in [3.63, 3.8) is 0 Å². The van der Waals surface area contributed by atoms with Gasteiger partial charge in [-0.15, -0.1) is 5.10 Å². The number of hydrogen-bond acceptors (Lipinski definition) is 6. The Balaban J connectivity index is 2.08. The Bertz CT molecular complexity index is 478. The molecule has 0 saturated carbocycles. The first-order chi connectivity index (χ1) is 8.18. The lowest BCUT2D eigenvalue weighted by Gasteiger charge is -2.19. The number of nitrogens with zero attached hydrogens (tertiary/aromatic N) is 6. The van der Waals surface area contributed by atoms with Crippen molar-refractivity contribution in [2.24, 2.45) is 0 Å². The Hall–Kier alpha value is -1.76. The van der Waals surface area contributed by atoms with Crippen LogP contribution in [0.1, 0.15) is 13.8 Å². The number of aromatic nitrogens is 5. The van der Waals surface area contributed by atoms with Crippen LogP contribution in [-0.4, -0.2) is 51.2 Å². The molecule has 1 N–H and O–H groups in total. The first-order valence-electron chi connectivity index (χ1n) is 5.65. The van der Waals surface area contributed by atoms with Crippen LogP contribution in [0.25, 0.3) is 5.65 Å². The van der Waals surface area contributed by atoms with Gasteiger partial charge >= 0.3 is 0 Å². The summed E-state index contributed by atoms with van der Waals surface area (Å²) in [5, 5.41) is 14.8. The van der Waals surface area contributed by atoms with Crippen LogP contribution < -0.4 is 10.2 Å². The molecule has 92 valence electrons. The molecule has 7 heteroatoms. The maximum Gasteiger partial charge on any atom is 0.199 e. The van der Waals surface area contributed by atoms with E-state index in [2.05, 4.69) is 44.6 Å². The predicted octanol–water partition coefficient (Wildman–Crippen LogP) is -0.0465. The summed E-state index contributed by atoms with van der Waals surface area (Å²) in [5.41, 5.74) is 0.658. The average molecular weight is 235 g/mol. The number of nitrogens with one attached hydrogen (secondary N) is 1. The molecule has 0 aromatic carbocycles. The molecule has 2 aromatic heterocycles. The maximum atomic E-state index is 4.12. The van der Waals surface area contributed by atoms with Gasteiger partial charge in [0.25, 0.3) is 0 Å². The summed E-state index contributed by atoms with van der Waals surface area (Å²) in [4.78, 5) is 6.20. The van der Waals surface area contributed by atoms with Crippen molar-refractivity contribution in [3.8, 4) is 0 Å². The molecule has 0 amide bonds. The van der Waals surface area contributed by atoms with Crippen LogP contribution in [0.15, 0.2) is 12.4 Å². The highest BCUT2D eigenvalue weighted by atomic mass is 15.5. The van der Waals surface area contributed by atoms with Crippen LogP contribution in [0.2, 0.25) is 0 Å². The first kappa shape index (κ1) is 11.7. The zero-order valence-corrected chi connectivity index (χ0v) is 10.3. The SMILES string of the molecule is CC(C)NCCN(C)c1cncc2nnnn12. The van der Waals surface area contributed by atoms with Gasteiger partial charge in [-0.1, -0.05) is 13.8 Å². The molecule has 0 fully saturated rings. The van der Waals surface area contributed by atoms with Gasteiger partial charge in [-0.05, 0) is 10.4 Å². The minimum Gasteiger partial charge on any atom is -0.357 e. The minimum absolute atomic E-state index is 0.491. The van der Waals surface area contributed by atoms with Gasteiger partial charge in [0.1, 0.15) is 0 Å². The Morgan fingerprint density at radius 2 is 2.24 bits per heavy atom. The van der Waals surface area contributed by atoms with E-state index >= 15 is 0 Å². The predicted molar refractivity (Wildman–Crippen MR) is 65.0 cm³/mol. The van der Waals surface area contributed by atoms with E-state index in [1.165, 1.54) is 0 Å². The van der Waals surface area contributed by atoms with Gasteiger partial charge in [-0.2, -0.15) is 4.52 Å². The van der Waals surface area contributed by atoms with Crippen LogP contribution in [0.5, 0.6) is 0 Å². The molecule has 0 aliphatic carbocycles. The zero-order valence-electron chi connectivity index (χ0n) is 10.3. The van der Waals surface area contributed by atoms with E-state index in [9.17, 15) is 0 Å². The zero-order chi connectivity index (χ0) is 12.3. The van der Waals surface area contributed by atoms with Crippen molar-refractivity contribution in [1.82, 2.24) is 30.3 Å². The Labute approximate surface area is 99.8 Å². The van der Waals surface area contributed by atoms with Crippen LogP contribution in [0, 0.1) is 0 Å². The summed E-state index contributed by atoms with van der Waals surface area (Å²) in [6.07, 6.45) is 3.41. The molecule has 0 spiro atoms. The summed E-state index contributed by atoms with van der Waals surface area (Å²) >= 11 is 0. The summed E-state index contributed by atoms with van der Waals surface area (Å²) in [6, 6.07) is 0.491. The summed E-state index contributed by atoms with van der Waals surface area (Å²) in [7, 11) is 2.00. The highest BCUT2D eigenvalue weighted by Crippen LogP contribution is 2.09. The molecular weight excluding hydrogens is 218 g/mol. The third-order valence-corrected chi connectivity index (χ3v) is 2.48. The summed E-state index contributed by atoms with van der Waals surface area (Å²) in [6.45, 7) is 6.04. The van der Waals surface area contributed by atoms with Gasteiger partial charge in [-0.25, -0.2) is 0 Å².